The van der Waals surface area contributed by atoms with Crippen molar-refractivity contribution >= 4 is 39.4 Å². The fourth-order valence-electron chi connectivity index (χ4n) is 1.87. The number of esters is 1. The molecule has 0 aliphatic heterocycles. The molecular formula is C17H20BrClFNO4. The maximum absolute atomic E-state index is 13.5. The van der Waals surface area contributed by atoms with Gasteiger partial charge in [-0.3, -0.25) is 4.79 Å². The molecule has 138 valence electrons. The average Bonchev–Trinajstić information content (AvgIpc) is 2.54. The van der Waals surface area contributed by atoms with Gasteiger partial charge >= 0.3 is 5.97 Å². The van der Waals surface area contributed by atoms with E-state index in [2.05, 4.69) is 26.0 Å². The zero-order valence-corrected chi connectivity index (χ0v) is 16.7. The Labute approximate surface area is 159 Å². The highest BCUT2D eigenvalue weighted by atomic mass is 79.9. The van der Waals surface area contributed by atoms with Crippen molar-refractivity contribution in [2.45, 2.75) is 38.8 Å². The number of methoxy groups -OCH3 is 1. The first-order chi connectivity index (χ1) is 11.6. The molecule has 1 aromatic rings. The Kier molecular flexibility index (Phi) is 7.89. The molecule has 0 fully saturated rings. The molecular weight excluding hydrogens is 417 g/mol. The Morgan fingerprint density at radius 1 is 1.44 bits per heavy atom. The number of hydrogen-bond donors (Lipinski definition) is 1. The van der Waals surface area contributed by atoms with E-state index in [0.29, 0.717) is 6.42 Å². The summed E-state index contributed by atoms with van der Waals surface area (Å²) in [6, 6.07) is 2.71. The quantitative estimate of drug-likeness (QED) is 0.398. The van der Waals surface area contributed by atoms with Crippen LogP contribution in [0, 0.1) is 5.82 Å². The Morgan fingerprint density at radius 3 is 2.60 bits per heavy atom. The van der Waals surface area contributed by atoms with Crippen molar-refractivity contribution in [1.82, 2.24) is 5.32 Å². The number of nitrogens with one attached hydrogen (secondary N) is 1. The topological polar surface area (TPSA) is 64.6 Å². The summed E-state index contributed by atoms with van der Waals surface area (Å²) in [6.45, 7) is 5.23. The summed E-state index contributed by atoms with van der Waals surface area (Å²) in [6.07, 6.45) is 2.34. The molecule has 0 saturated carbocycles. The molecule has 8 heteroatoms. The van der Waals surface area contributed by atoms with Crippen molar-refractivity contribution in [1.29, 1.82) is 0 Å². The Balaban J connectivity index is 2.84. The van der Waals surface area contributed by atoms with Gasteiger partial charge in [-0.15, -0.1) is 0 Å². The smallest absolute Gasteiger partial charge is 0.330 e. The lowest BCUT2D eigenvalue weighted by Gasteiger charge is -2.26. The summed E-state index contributed by atoms with van der Waals surface area (Å²) in [4.78, 5) is 23.6. The molecule has 0 spiro atoms. The van der Waals surface area contributed by atoms with Crippen LogP contribution in [0.1, 0.15) is 27.2 Å². The second kappa shape index (κ2) is 9.20. The third-order valence-electron chi connectivity index (χ3n) is 3.18. The number of amides is 1. The summed E-state index contributed by atoms with van der Waals surface area (Å²) in [5.74, 6) is -1.22. The van der Waals surface area contributed by atoms with Gasteiger partial charge in [0.25, 0.3) is 5.91 Å². The van der Waals surface area contributed by atoms with Crippen LogP contribution in [0.2, 0.25) is 5.02 Å². The molecule has 0 aliphatic carbocycles. The van der Waals surface area contributed by atoms with Crippen LogP contribution in [-0.4, -0.2) is 30.6 Å². The van der Waals surface area contributed by atoms with Crippen LogP contribution >= 0.6 is 27.5 Å². The van der Waals surface area contributed by atoms with Crippen molar-refractivity contribution < 1.29 is 23.5 Å². The van der Waals surface area contributed by atoms with E-state index < -0.39 is 23.4 Å². The lowest BCUT2D eigenvalue weighted by molar-refractivity contribution is -0.135. The fourth-order valence-corrected chi connectivity index (χ4v) is 2.63. The molecule has 1 amide bonds. The van der Waals surface area contributed by atoms with Crippen LogP contribution in [0.4, 0.5) is 4.39 Å². The van der Waals surface area contributed by atoms with Crippen molar-refractivity contribution in [2.75, 3.05) is 7.11 Å². The standard InChI is InChI=1S/C17H20BrClFNO4/c1-5-13(25-10-8-11(18)15(20)12(19)9-10)16(23)21-17(2,3)7-6-14(22)24-4/h6-9,13H,5H2,1-4H3,(H,21,23)/b7-6+/t13-/m1/s1. The van der Waals surface area contributed by atoms with E-state index in [1.54, 1.807) is 20.8 Å². The molecule has 0 bridgehead atoms. The molecule has 0 aliphatic rings. The summed E-state index contributed by atoms with van der Waals surface area (Å²) in [7, 11) is 1.27. The molecule has 0 aromatic heterocycles. The maximum Gasteiger partial charge on any atom is 0.330 e. The summed E-state index contributed by atoms with van der Waals surface area (Å²) in [5, 5.41) is 2.66. The molecule has 0 unspecified atom stereocenters. The Bertz CT molecular complexity index is 656. The van der Waals surface area contributed by atoms with Gasteiger partial charge in [-0.2, -0.15) is 0 Å². The van der Waals surface area contributed by atoms with Crippen LogP contribution in [0.3, 0.4) is 0 Å². The van der Waals surface area contributed by atoms with E-state index in [9.17, 15) is 14.0 Å². The van der Waals surface area contributed by atoms with E-state index in [0.717, 1.165) is 0 Å². The van der Waals surface area contributed by atoms with E-state index in [1.807, 2.05) is 0 Å². The van der Waals surface area contributed by atoms with Crippen molar-refractivity contribution in [3.05, 3.63) is 39.6 Å². The second-order valence-electron chi connectivity index (χ2n) is 5.78. The van der Waals surface area contributed by atoms with Gasteiger partial charge < -0.3 is 14.8 Å². The molecule has 1 rings (SSSR count). The number of ether oxygens (including phenoxy) is 2. The van der Waals surface area contributed by atoms with E-state index in [-0.39, 0.29) is 21.2 Å². The van der Waals surface area contributed by atoms with Crippen molar-refractivity contribution in [2.24, 2.45) is 0 Å². The van der Waals surface area contributed by atoms with Gasteiger partial charge in [-0.25, -0.2) is 9.18 Å². The number of rotatable bonds is 7. The molecule has 0 radical (unpaired) electrons. The van der Waals surface area contributed by atoms with Crippen LogP contribution in [0.25, 0.3) is 0 Å². The van der Waals surface area contributed by atoms with Gasteiger partial charge in [0.2, 0.25) is 0 Å². The fraction of sp³-hybridized carbons (Fsp3) is 0.412. The first-order valence-electron chi connectivity index (χ1n) is 7.50. The summed E-state index contributed by atoms with van der Waals surface area (Å²) < 4.78 is 23.8. The first kappa shape index (κ1) is 21.4. The van der Waals surface area contributed by atoms with Crippen molar-refractivity contribution in [3.8, 4) is 5.75 Å². The third kappa shape index (κ3) is 6.66. The summed E-state index contributed by atoms with van der Waals surface area (Å²) >= 11 is 8.82. The van der Waals surface area contributed by atoms with Crippen LogP contribution in [0.15, 0.2) is 28.8 Å². The van der Waals surface area contributed by atoms with Gasteiger partial charge in [-0.05, 0) is 42.3 Å². The van der Waals surface area contributed by atoms with E-state index >= 15 is 0 Å². The molecule has 1 atom stereocenters. The van der Waals surface area contributed by atoms with Gasteiger partial charge in [0.15, 0.2) is 11.9 Å². The van der Waals surface area contributed by atoms with Crippen LogP contribution < -0.4 is 10.1 Å². The van der Waals surface area contributed by atoms with E-state index in [4.69, 9.17) is 16.3 Å². The molecule has 0 heterocycles. The highest BCUT2D eigenvalue weighted by Gasteiger charge is 2.25. The normalized spacial score (nSPS) is 12.8. The number of halogens is 3. The molecule has 1 aromatic carbocycles. The average molecular weight is 437 g/mol. The third-order valence-corrected chi connectivity index (χ3v) is 4.03. The minimum Gasteiger partial charge on any atom is -0.481 e. The SMILES string of the molecule is CC[C@@H](Oc1cc(Cl)c(F)c(Br)c1)C(=O)NC(C)(C)/C=C/C(=O)OC. The van der Waals surface area contributed by atoms with E-state index in [1.165, 1.54) is 31.4 Å². The zero-order chi connectivity index (χ0) is 19.2. The Morgan fingerprint density at radius 2 is 2.08 bits per heavy atom. The molecule has 25 heavy (non-hydrogen) atoms. The molecule has 0 saturated heterocycles. The predicted octanol–water partition coefficient (Wildman–Crippen LogP) is 4.02. The lowest BCUT2D eigenvalue weighted by Crippen LogP contribution is -2.48. The second-order valence-corrected chi connectivity index (χ2v) is 7.04. The Hall–Kier alpha value is -1.60. The number of benzene rings is 1. The highest BCUT2D eigenvalue weighted by Crippen LogP contribution is 2.29. The lowest BCUT2D eigenvalue weighted by atomic mass is 10.0. The van der Waals surface area contributed by atoms with Gasteiger partial charge in [0, 0.05) is 12.1 Å². The van der Waals surface area contributed by atoms with Gasteiger partial charge in [-0.1, -0.05) is 24.6 Å². The zero-order valence-electron chi connectivity index (χ0n) is 14.4. The monoisotopic (exact) mass is 435 g/mol. The van der Waals surface area contributed by atoms with Crippen molar-refractivity contribution in [3.63, 3.8) is 0 Å². The molecule has 5 nitrogen and oxygen atoms in total. The number of carbonyl (C=O) groups excluding carboxylic acids is 2. The molecule has 1 N–H and O–H groups in total. The van der Waals surface area contributed by atoms with Gasteiger partial charge in [0.05, 0.1) is 22.1 Å². The number of carbonyl (C=O) groups is 2. The minimum atomic E-state index is -0.806. The predicted molar refractivity (Wildman–Crippen MR) is 97.2 cm³/mol. The van der Waals surface area contributed by atoms with Crippen LogP contribution in [0.5, 0.6) is 5.75 Å². The number of hydrogen-bond acceptors (Lipinski definition) is 4. The largest absolute Gasteiger partial charge is 0.481 e. The maximum atomic E-state index is 13.5. The highest BCUT2D eigenvalue weighted by molar-refractivity contribution is 9.10. The van der Waals surface area contributed by atoms with Gasteiger partial charge in [0.1, 0.15) is 5.75 Å². The minimum absolute atomic E-state index is 0.110. The first-order valence-corrected chi connectivity index (χ1v) is 8.67. The summed E-state index contributed by atoms with van der Waals surface area (Å²) in [5.41, 5.74) is -0.789. The van der Waals surface area contributed by atoms with Crippen LogP contribution in [-0.2, 0) is 14.3 Å².